The quantitative estimate of drug-likeness (QED) is 0.128. The van der Waals surface area contributed by atoms with Gasteiger partial charge in [-0.1, -0.05) is 69.4 Å². The topological polar surface area (TPSA) is 48.0 Å². The van der Waals surface area contributed by atoms with Gasteiger partial charge in [0.15, 0.2) is 11.5 Å². The summed E-state index contributed by atoms with van der Waals surface area (Å²) >= 11 is 0. The number of aldehydes is 1. The number of hydrogen-bond donors (Lipinski definition) is 0. The first kappa shape index (κ1) is 28.3. The van der Waals surface area contributed by atoms with Gasteiger partial charge in [-0.3, -0.25) is 4.79 Å². The maximum absolute atomic E-state index is 11.4. The van der Waals surface area contributed by atoms with E-state index in [1.54, 1.807) is 12.1 Å². The fourth-order valence-electron chi connectivity index (χ4n) is 3.75. The van der Waals surface area contributed by atoms with Crippen molar-refractivity contribution in [2.24, 2.45) is 0 Å². The van der Waals surface area contributed by atoms with E-state index in [4.69, 9.17) is 13.8 Å². The summed E-state index contributed by atoms with van der Waals surface area (Å²) < 4.78 is 21.2. The monoisotopic (exact) mass is 487 g/mol. The number of benzene rings is 2. The third-order valence-corrected chi connectivity index (χ3v) is 7.47. The molecular formula is C28H42NO4P. The lowest BCUT2D eigenvalue weighted by molar-refractivity contribution is 0.112. The Kier molecular flexibility index (Phi) is 13.2. The van der Waals surface area contributed by atoms with Crippen LogP contribution in [0.4, 0.5) is 0 Å². The molecule has 0 heterocycles. The van der Waals surface area contributed by atoms with Gasteiger partial charge < -0.3 is 13.8 Å². The largest absolute Gasteiger partial charge is 0.490 e. The van der Waals surface area contributed by atoms with E-state index in [9.17, 15) is 4.79 Å². The van der Waals surface area contributed by atoms with Gasteiger partial charge in [-0.2, -0.15) is 0 Å². The highest BCUT2D eigenvalue weighted by Crippen LogP contribution is 2.49. The van der Waals surface area contributed by atoms with Gasteiger partial charge in [0.25, 0.3) is 0 Å². The minimum atomic E-state index is -1.40. The molecule has 2 rings (SSSR count). The van der Waals surface area contributed by atoms with Crippen LogP contribution in [0.1, 0.15) is 89.1 Å². The second kappa shape index (κ2) is 15.9. The Hall–Kier alpha value is -1.94. The van der Waals surface area contributed by atoms with Crippen molar-refractivity contribution < 1.29 is 18.6 Å². The van der Waals surface area contributed by atoms with Crippen molar-refractivity contribution in [3.63, 3.8) is 0 Å². The predicted molar refractivity (Wildman–Crippen MR) is 142 cm³/mol. The maximum atomic E-state index is 11.4. The van der Waals surface area contributed by atoms with Gasteiger partial charge in [-0.15, -0.1) is 0 Å². The van der Waals surface area contributed by atoms with E-state index >= 15 is 0 Å². The molecule has 0 amide bonds. The van der Waals surface area contributed by atoms with Crippen molar-refractivity contribution in [3.05, 3.63) is 59.7 Å². The minimum absolute atomic E-state index is 0.239. The SMILES string of the molecule is CCCCCCCCOc1cc(C=O)ccc1OP(OCc1ccccc1)N(C(C)C)C(C)C. The summed E-state index contributed by atoms with van der Waals surface area (Å²) in [5, 5.41) is 0. The molecule has 5 nitrogen and oxygen atoms in total. The van der Waals surface area contributed by atoms with Crippen molar-refractivity contribution in [2.45, 2.75) is 91.8 Å². The molecule has 0 aromatic heterocycles. The Balaban J connectivity index is 2.14. The molecule has 188 valence electrons. The highest BCUT2D eigenvalue weighted by atomic mass is 31.2. The number of nitrogens with zero attached hydrogens (tertiary/aromatic N) is 1. The maximum Gasteiger partial charge on any atom is 0.321 e. The Bertz CT molecular complexity index is 820. The molecule has 0 fully saturated rings. The number of ether oxygens (including phenoxy) is 1. The van der Waals surface area contributed by atoms with E-state index in [0.29, 0.717) is 30.3 Å². The van der Waals surface area contributed by atoms with Crippen LogP contribution >= 0.6 is 8.53 Å². The summed E-state index contributed by atoms with van der Waals surface area (Å²) in [6.07, 6.45) is 8.00. The lowest BCUT2D eigenvalue weighted by atomic mass is 10.1. The fraction of sp³-hybridized carbons (Fsp3) is 0.536. The summed E-state index contributed by atoms with van der Waals surface area (Å²) in [6, 6.07) is 16.0. The van der Waals surface area contributed by atoms with Crippen molar-refractivity contribution in [1.82, 2.24) is 4.67 Å². The number of hydrogen-bond acceptors (Lipinski definition) is 5. The average molecular weight is 488 g/mol. The van der Waals surface area contributed by atoms with Crippen LogP contribution in [0.15, 0.2) is 48.5 Å². The lowest BCUT2D eigenvalue weighted by Gasteiger charge is -2.35. The van der Waals surface area contributed by atoms with Crippen LogP contribution in [0.2, 0.25) is 0 Å². The number of rotatable bonds is 17. The third kappa shape index (κ3) is 9.74. The highest BCUT2D eigenvalue weighted by molar-refractivity contribution is 7.45. The summed E-state index contributed by atoms with van der Waals surface area (Å²) in [6.45, 7) is 11.9. The molecule has 0 radical (unpaired) electrons. The second-order valence-corrected chi connectivity index (χ2v) is 10.5. The fourth-order valence-corrected chi connectivity index (χ4v) is 5.37. The van der Waals surface area contributed by atoms with Crippen LogP contribution in [0.25, 0.3) is 0 Å². The van der Waals surface area contributed by atoms with Crippen LogP contribution < -0.4 is 9.26 Å². The molecule has 0 bridgehead atoms. The molecule has 0 spiro atoms. The van der Waals surface area contributed by atoms with Crippen LogP contribution in [-0.4, -0.2) is 29.6 Å². The van der Waals surface area contributed by atoms with E-state index in [0.717, 1.165) is 24.7 Å². The molecule has 34 heavy (non-hydrogen) atoms. The minimum Gasteiger partial charge on any atom is -0.490 e. The first-order valence-corrected chi connectivity index (χ1v) is 13.7. The normalized spacial score (nSPS) is 12.4. The molecule has 0 saturated carbocycles. The second-order valence-electron chi connectivity index (χ2n) is 9.10. The Morgan fingerprint density at radius 2 is 1.56 bits per heavy atom. The molecular weight excluding hydrogens is 445 g/mol. The van der Waals surface area contributed by atoms with Gasteiger partial charge >= 0.3 is 8.53 Å². The van der Waals surface area contributed by atoms with E-state index in [-0.39, 0.29) is 12.1 Å². The Labute approximate surface area is 207 Å². The number of carbonyl (C=O) groups is 1. The predicted octanol–water partition coefficient (Wildman–Crippen LogP) is 8.18. The molecule has 0 aliphatic carbocycles. The van der Waals surface area contributed by atoms with Crippen LogP contribution in [-0.2, 0) is 11.1 Å². The first-order chi connectivity index (χ1) is 16.5. The van der Waals surface area contributed by atoms with E-state index in [2.05, 4.69) is 51.4 Å². The van der Waals surface area contributed by atoms with Crippen LogP contribution in [0.3, 0.4) is 0 Å². The number of carbonyl (C=O) groups excluding carboxylic acids is 1. The summed E-state index contributed by atoms with van der Waals surface area (Å²) in [4.78, 5) is 11.4. The zero-order valence-electron chi connectivity index (χ0n) is 21.5. The molecule has 2 aromatic carbocycles. The zero-order chi connectivity index (χ0) is 24.8. The van der Waals surface area contributed by atoms with Gasteiger partial charge in [0.2, 0.25) is 0 Å². The Morgan fingerprint density at radius 3 is 2.21 bits per heavy atom. The van der Waals surface area contributed by atoms with Crippen LogP contribution in [0.5, 0.6) is 11.5 Å². The van der Waals surface area contributed by atoms with E-state index < -0.39 is 8.53 Å². The molecule has 0 N–H and O–H groups in total. The van der Waals surface area contributed by atoms with Crippen molar-refractivity contribution >= 4 is 14.8 Å². The molecule has 0 aliphatic heterocycles. The summed E-state index contributed by atoms with van der Waals surface area (Å²) in [5.41, 5.74) is 1.67. The standard InChI is InChI=1S/C28H42NO4P/c1-6-7-8-9-10-14-19-31-28-20-26(21-30)17-18-27(28)33-34(29(23(2)3)24(4)5)32-22-25-15-12-11-13-16-25/h11-13,15-18,20-21,23-24H,6-10,14,19,22H2,1-5H3. The molecule has 0 aliphatic rings. The Morgan fingerprint density at radius 1 is 0.882 bits per heavy atom. The lowest BCUT2D eigenvalue weighted by Crippen LogP contribution is -2.34. The molecule has 0 saturated heterocycles. The molecule has 1 unspecified atom stereocenters. The zero-order valence-corrected chi connectivity index (χ0v) is 22.4. The third-order valence-electron chi connectivity index (χ3n) is 5.47. The van der Waals surface area contributed by atoms with Gasteiger partial charge in [-0.05, 0) is 57.9 Å². The van der Waals surface area contributed by atoms with Crippen molar-refractivity contribution in [1.29, 1.82) is 0 Å². The van der Waals surface area contributed by atoms with Crippen LogP contribution in [0, 0.1) is 0 Å². The summed E-state index contributed by atoms with van der Waals surface area (Å²) in [7, 11) is -1.40. The molecule has 6 heteroatoms. The van der Waals surface area contributed by atoms with Gasteiger partial charge in [0, 0.05) is 17.6 Å². The van der Waals surface area contributed by atoms with E-state index in [1.807, 2.05) is 24.3 Å². The van der Waals surface area contributed by atoms with E-state index in [1.165, 1.54) is 25.7 Å². The summed E-state index contributed by atoms with van der Waals surface area (Å²) in [5.74, 6) is 1.21. The molecule has 1 atom stereocenters. The van der Waals surface area contributed by atoms with Gasteiger partial charge in [-0.25, -0.2) is 4.67 Å². The highest BCUT2D eigenvalue weighted by Gasteiger charge is 2.29. The molecule has 2 aromatic rings. The number of unbranched alkanes of at least 4 members (excludes halogenated alkanes) is 5. The van der Waals surface area contributed by atoms with Gasteiger partial charge in [0.1, 0.15) is 6.29 Å². The first-order valence-electron chi connectivity index (χ1n) is 12.6. The van der Waals surface area contributed by atoms with Crippen molar-refractivity contribution in [2.75, 3.05) is 6.61 Å². The average Bonchev–Trinajstić information content (AvgIpc) is 2.82. The smallest absolute Gasteiger partial charge is 0.321 e. The van der Waals surface area contributed by atoms with Gasteiger partial charge in [0.05, 0.1) is 13.2 Å². The van der Waals surface area contributed by atoms with Crippen molar-refractivity contribution in [3.8, 4) is 11.5 Å².